The first-order valence-corrected chi connectivity index (χ1v) is 10.9. The van der Waals surface area contributed by atoms with Gasteiger partial charge in [0.25, 0.3) is 5.91 Å². The van der Waals surface area contributed by atoms with E-state index in [-0.39, 0.29) is 16.2 Å². The van der Waals surface area contributed by atoms with Crippen molar-refractivity contribution in [3.05, 3.63) is 29.8 Å². The van der Waals surface area contributed by atoms with Crippen LogP contribution in [-0.2, 0) is 14.8 Å². The number of nitrogens with zero attached hydrogens (tertiary/aromatic N) is 2. The highest BCUT2D eigenvalue weighted by Gasteiger charge is 2.26. The zero-order valence-corrected chi connectivity index (χ0v) is 17.3. The Hall–Kier alpha value is -2.73. The summed E-state index contributed by atoms with van der Waals surface area (Å²) in [5, 5.41) is 12.7. The van der Waals surface area contributed by atoms with Crippen molar-refractivity contribution in [3.63, 3.8) is 0 Å². The number of ether oxygens (including phenoxy) is 1. The minimum absolute atomic E-state index is 0.0289. The number of anilines is 2. The van der Waals surface area contributed by atoms with Crippen LogP contribution < -0.4 is 20.1 Å². The van der Waals surface area contributed by atoms with Crippen LogP contribution in [0, 0.1) is 5.92 Å². The van der Waals surface area contributed by atoms with Crippen LogP contribution in [0.4, 0.5) is 10.3 Å². The fourth-order valence-electron chi connectivity index (χ4n) is 2.16. The first kappa shape index (κ1) is 21.6. The predicted molar refractivity (Wildman–Crippen MR) is 106 cm³/mol. The molecule has 2 aromatic rings. The Bertz CT molecular complexity index is 941. The third-order valence-electron chi connectivity index (χ3n) is 3.52. The Labute approximate surface area is 166 Å². The van der Waals surface area contributed by atoms with Crippen molar-refractivity contribution < 1.29 is 22.7 Å². The first-order chi connectivity index (χ1) is 13.1. The summed E-state index contributed by atoms with van der Waals surface area (Å²) in [5.41, 5.74) is 0.384. The Morgan fingerprint density at radius 3 is 2.25 bits per heavy atom. The van der Waals surface area contributed by atoms with E-state index in [2.05, 4.69) is 25.6 Å². The molecule has 1 atom stereocenters. The standard InChI is InChI=1S/C16H21N5O5S2/c1-9(2)12(17-13(22)10-5-7-11(26-3)8-6-10)14(23)18-15-19-20-16(27-15)21-28(4,24)25/h5-9,12H,1-4H3,(H,17,22)(H,20,21)(H,18,19,23). The summed E-state index contributed by atoms with van der Waals surface area (Å²) in [6.45, 7) is 3.57. The molecule has 1 aromatic heterocycles. The molecule has 1 aromatic carbocycles. The normalized spacial score (nSPS) is 12.3. The van der Waals surface area contributed by atoms with Crippen molar-refractivity contribution in [2.45, 2.75) is 19.9 Å². The summed E-state index contributed by atoms with van der Waals surface area (Å²) in [6, 6.07) is 5.66. The van der Waals surface area contributed by atoms with Gasteiger partial charge in [0, 0.05) is 5.56 Å². The largest absolute Gasteiger partial charge is 0.497 e. The fourth-order valence-corrected chi connectivity index (χ4v) is 3.64. The van der Waals surface area contributed by atoms with Crippen molar-refractivity contribution in [1.29, 1.82) is 0 Å². The van der Waals surface area contributed by atoms with Gasteiger partial charge >= 0.3 is 0 Å². The zero-order chi connectivity index (χ0) is 20.9. The van der Waals surface area contributed by atoms with Gasteiger partial charge in [-0.15, -0.1) is 10.2 Å². The van der Waals surface area contributed by atoms with E-state index >= 15 is 0 Å². The van der Waals surface area contributed by atoms with E-state index in [0.717, 1.165) is 17.6 Å². The maximum atomic E-state index is 12.6. The average molecular weight is 428 g/mol. The topological polar surface area (TPSA) is 139 Å². The molecule has 0 saturated carbocycles. The molecule has 28 heavy (non-hydrogen) atoms. The van der Waals surface area contributed by atoms with E-state index in [4.69, 9.17) is 4.74 Å². The third-order valence-corrected chi connectivity index (χ3v) is 4.96. The van der Waals surface area contributed by atoms with Gasteiger partial charge in [0.1, 0.15) is 11.8 Å². The quantitative estimate of drug-likeness (QED) is 0.577. The van der Waals surface area contributed by atoms with Gasteiger partial charge in [-0.1, -0.05) is 25.2 Å². The van der Waals surface area contributed by atoms with E-state index in [0.29, 0.717) is 11.3 Å². The molecule has 0 radical (unpaired) electrons. The van der Waals surface area contributed by atoms with Crippen LogP contribution in [0.2, 0.25) is 0 Å². The number of benzene rings is 1. The lowest BCUT2D eigenvalue weighted by Crippen LogP contribution is -2.47. The molecule has 0 aliphatic rings. The van der Waals surface area contributed by atoms with Crippen LogP contribution in [-0.4, -0.2) is 49.8 Å². The SMILES string of the molecule is COc1ccc(C(=O)NC(C(=O)Nc2nnc(NS(C)(=O)=O)s2)C(C)C)cc1. The van der Waals surface area contributed by atoms with Crippen molar-refractivity contribution >= 4 is 43.4 Å². The lowest BCUT2D eigenvalue weighted by atomic mass is 10.0. The van der Waals surface area contributed by atoms with Crippen molar-refractivity contribution in [1.82, 2.24) is 15.5 Å². The van der Waals surface area contributed by atoms with Gasteiger partial charge in [0.2, 0.25) is 26.2 Å². The molecule has 2 rings (SSSR count). The number of methoxy groups -OCH3 is 1. The van der Waals surface area contributed by atoms with E-state index in [1.165, 1.54) is 7.11 Å². The molecule has 2 amide bonds. The fraction of sp³-hybridized carbons (Fsp3) is 0.375. The molecule has 0 spiro atoms. The van der Waals surface area contributed by atoms with Gasteiger partial charge in [-0.3, -0.25) is 19.6 Å². The lowest BCUT2D eigenvalue weighted by molar-refractivity contribution is -0.118. The molecule has 1 heterocycles. The van der Waals surface area contributed by atoms with Gasteiger partial charge in [0.15, 0.2) is 0 Å². The second-order valence-electron chi connectivity index (χ2n) is 6.20. The number of carbonyl (C=O) groups is 2. The Morgan fingerprint density at radius 1 is 1.11 bits per heavy atom. The number of nitrogens with one attached hydrogen (secondary N) is 3. The molecule has 12 heteroatoms. The van der Waals surface area contributed by atoms with Gasteiger partial charge in [-0.2, -0.15) is 0 Å². The van der Waals surface area contributed by atoms with Crippen LogP contribution in [0.5, 0.6) is 5.75 Å². The van der Waals surface area contributed by atoms with Crippen LogP contribution in [0.25, 0.3) is 0 Å². The van der Waals surface area contributed by atoms with Crippen LogP contribution in [0.1, 0.15) is 24.2 Å². The Balaban J connectivity index is 2.06. The van der Waals surface area contributed by atoms with Crippen molar-refractivity contribution in [2.75, 3.05) is 23.4 Å². The van der Waals surface area contributed by atoms with Crippen LogP contribution in [0.15, 0.2) is 24.3 Å². The smallest absolute Gasteiger partial charge is 0.251 e. The number of hydrogen-bond donors (Lipinski definition) is 3. The van der Waals surface area contributed by atoms with E-state index in [1.807, 2.05) is 0 Å². The predicted octanol–water partition coefficient (Wildman–Crippen LogP) is 1.31. The van der Waals surface area contributed by atoms with Crippen molar-refractivity contribution in [3.8, 4) is 5.75 Å². The molecule has 0 saturated heterocycles. The lowest BCUT2D eigenvalue weighted by Gasteiger charge is -2.21. The van der Waals surface area contributed by atoms with Crippen molar-refractivity contribution in [2.24, 2.45) is 5.92 Å². The summed E-state index contributed by atoms with van der Waals surface area (Å²) in [5.74, 6) is -0.486. The van der Waals surface area contributed by atoms with E-state index < -0.39 is 27.9 Å². The van der Waals surface area contributed by atoms with Gasteiger partial charge in [-0.05, 0) is 30.2 Å². The molecule has 0 fully saturated rings. The second-order valence-corrected chi connectivity index (χ2v) is 8.93. The minimum atomic E-state index is -3.49. The molecule has 10 nitrogen and oxygen atoms in total. The molecule has 1 unspecified atom stereocenters. The molecule has 152 valence electrons. The summed E-state index contributed by atoms with van der Waals surface area (Å²) >= 11 is 0.866. The van der Waals surface area contributed by atoms with Gasteiger partial charge < -0.3 is 10.1 Å². The molecule has 0 aliphatic heterocycles. The summed E-state index contributed by atoms with van der Waals surface area (Å²) < 4.78 is 29.7. The highest BCUT2D eigenvalue weighted by atomic mass is 32.2. The Kier molecular flexibility index (Phi) is 6.91. The molecule has 0 aliphatic carbocycles. The average Bonchev–Trinajstić information content (AvgIpc) is 3.03. The highest BCUT2D eigenvalue weighted by molar-refractivity contribution is 7.92. The van der Waals surface area contributed by atoms with Crippen LogP contribution >= 0.6 is 11.3 Å². The van der Waals surface area contributed by atoms with Crippen LogP contribution in [0.3, 0.4) is 0 Å². The summed E-state index contributed by atoms with van der Waals surface area (Å²) in [7, 11) is -1.97. The Morgan fingerprint density at radius 2 is 1.71 bits per heavy atom. The van der Waals surface area contributed by atoms with E-state index in [1.54, 1.807) is 38.1 Å². The summed E-state index contributed by atoms with van der Waals surface area (Å²) in [4.78, 5) is 25.0. The minimum Gasteiger partial charge on any atom is -0.497 e. The molecular weight excluding hydrogens is 406 g/mol. The zero-order valence-electron chi connectivity index (χ0n) is 15.7. The van der Waals surface area contributed by atoms with E-state index in [9.17, 15) is 18.0 Å². The summed E-state index contributed by atoms with van der Waals surface area (Å²) in [6.07, 6.45) is 0.982. The maximum Gasteiger partial charge on any atom is 0.251 e. The van der Waals surface area contributed by atoms with Gasteiger partial charge in [0.05, 0.1) is 13.4 Å². The number of amides is 2. The van der Waals surface area contributed by atoms with Gasteiger partial charge in [-0.25, -0.2) is 8.42 Å². The molecule has 0 bridgehead atoms. The number of aromatic nitrogens is 2. The number of rotatable bonds is 8. The third kappa shape index (κ3) is 6.16. The molecular formula is C16H21N5O5S2. The monoisotopic (exact) mass is 427 g/mol. The molecule has 3 N–H and O–H groups in total. The first-order valence-electron chi connectivity index (χ1n) is 8.16. The number of hydrogen-bond acceptors (Lipinski definition) is 8. The highest BCUT2D eigenvalue weighted by Crippen LogP contribution is 2.21. The maximum absolute atomic E-state index is 12.6. The number of carbonyl (C=O) groups excluding carboxylic acids is 2. The number of sulfonamides is 1. The second kappa shape index (κ2) is 8.97.